The molecule has 0 spiro atoms. The van der Waals surface area contributed by atoms with Crippen molar-refractivity contribution < 1.29 is 0 Å². The zero-order chi connectivity index (χ0) is 12.1. The number of rotatable bonds is 5. The Bertz CT molecular complexity index is 189. The molecule has 1 fully saturated rings. The van der Waals surface area contributed by atoms with E-state index in [1.165, 1.54) is 32.5 Å². The van der Waals surface area contributed by atoms with Gasteiger partial charge in [-0.15, -0.1) is 0 Å². The smallest absolute Gasteiger partial charge is 0.0110 e. The summed E-state index contributed by atoms with van der Waals surface area (Å²) in [4.78, 5) is 2.57. The van der Waals surface area contributed by atoms with E-state index in [0.717, 1.165) is 23.8 Å². The van der Waals surface area contributed by atoms with Crippen LogP contribution in [0.4, 0.5) is 0 Å². The van der Waals surface area contributed by atoms with Crippen molar-refractivity contribution in [3.63, 3.8) is 0 Å². The lowest BCUT2D eigenvalue weighted by Crippen LogP contribution is -2.48. The average molecular weight is 226 g/mol. The van der Waals surface area contributed by atoms with Crippen molar-refractivity contribution in [1.29, 1.82) is 0 Å². The zero-order valence-corrected chi connectivity index (χ0v) is 11.8. The third-order valence-electron chi connectivity index (χ3n) is 4.41. The van der Waals surface area contributed by atoms with Crippen molar-refractivity contribution in [1.82, 2.24) is 10.2 Å². The molecule has 0 aliphatic heterocycles. The standard InChI is InChI=1S/C14H30N2/c1-6-16(7-2)10-13-12(4)8-11(3)9-14(13)15-5/h11-15H,6-10H2,1-5H3. The first-order chi connectivity index (χ1) is 7.62. The minimum Gasteiger partial charge on any atom is -0.317 e. The predicted molar refractivity (Wildman–Crippen MR) is 71.7 cm³/mol. The lowest BCUT2D eigenvalue weighted by Gasteiger charge is -2.41. The Morgan fingerprint density at radius 3 is 2.25 bits per heavy atom. The quantitative estimate of drug-likeness (QED) is 0.775. The summed E-state index contributed by atoms with van der Waals surface area (Å²) in [7, 11) is 2.13. The Labute approximate surface area is 102 Å². The molecule has 1 saturated carbocycles. The maximum absolute atomic E-state index is 3.54. The fourth-order valence-electron chi connectivity index (χ4n) is 3.33. The Balaban J connectivity index is 2.59. The summed E-state index contributed by atoms with van der Waals surface area (Å²) in [6, 6.07) is 0.722. The molecule has 1 rings (SSSR count). The first-order valence-electron chi connectivity index (χ1n) is 7.01. The molecular weight excluding hydrogens is 196 g/mol. The summed E-state index contributed by atoms with van der Waals surface area (Å²) >= 11 is 0. The third kappa shape index (κ3) is 3.46. The molecule has 0 heterocycles. The minimum atomic E-state index is 0.722. The van der Waals surface area contributed by atoms with Crippen LogP contribution < -0.4 is 5.32 Å². The molecule has 0 amide bonds. The second kappa shape index (κ2) is 6.61. The normalized spacial score (nSPS) is 35.6. The van der Waals surface area contributed by atoms with Crippen LogP contribution >= 0.6 is 0 Å². The van der Waals surface area contributed by atoms with E-state index in [1.54, 1.807) is 0 Å². The average Bonchev–Trinajstić information content (AvgIpc) is 2.27. The van der Waals surface area contributed by atoms with Crippen LogP contribution in [0.5, 0.6) is 0 Å². The van der Waals surface area contributed by atoms with Gasteiger partial charge in [0.1, 0.15) is 0 Å². The first-order valence-corrected chi connectivity index (χ1v) is 7.01. The highest BCUT2D eigenvalue weighted by Gasteiger charge is 2.33. The molecule has 1 N–H and O–H groups in total. The number of hydrogen-bond acceptors (Lipinski definition) is 2. The van der Waals surface area contributed by atoms with Crippen LogP contribution in [-0.4, -0.2) is 37.6 Å². The first kappa shape index (κ1) is 14.0. The summed E-state index contributed by atoms with van der Waals surface area (Å²) in [5, 5.41) is 3.54. The van der Waals surface area contributed by atoms with Crippen LogP contribution in [0.3, 0.4) is 0 Å². The van der Waals surface area contributed by atoms with Gasteiger partial charge in [-0.05, 0) is 50.7 Å². The van der Waals surface area contributed by atoms with E-state index in [9.17, 15) is 0 Å². The highest BCUT2D eigenvalue weighted by Crippen LogP contribution is 2.34. The topological polar surface area (TPSA) is 15.3 Å². The van der Waals surface area contributed by atoms with Crippen molar-refractivity contribution in [3.05, 3.63) is 0 Å². The van der Waals surface area contributed by atoms with E-state index >= 15 is 0 Å². The van der Waals surface area contributed by atoms with Gasteiger partial charge < -0.3 is 10.2 Å². The molecule has 4 atom stereocenters. The summed E-state index contributed by atoms with van der Waals surface area (Å²) in [6.07, 6.45) is 2.76. The molecule has 0 bridgehead atoms. The highest BCUT2D eigenvalue weighted by atomic mass is 15.1. The Kier molecular flexibility index (Phi) is 5.77. The molecule has 16 heavy (non-hydrogen) atoms. The van der Waals surface area contributed by atoms with Gasteiger partial charge in [-0.3, -0.25) is 0 Å². The maximum atomic E-state index is 3.54. The predicted octanol–water partition coefficient (Wildman–Crippen LogP) is 2.60. The van der Waals surface area contributed by atoms with E-state index in [0.29, 0.717) is 0 Å². The summed E-state index contributed by atoms with van der Waals surface area (Å²) in [5.41, 5.74) is 0. The van der Waals surface area contributed by atoms with Gasteiger partial charge in [-0.2, -0.15) is 0 Å². The summed E-state index contributed by atoms with van der Waals surface area (Å²) in [6.45, 7) is 13.0. The van der Waals surface area contributed by atoms with Crippen LogP contribution in [0.25, 0.3) is 0 Å². The van der Waals surface area contributed by atoms with Gasteiger partial charge in [0.25, 0.3) is 0 Å². The van der Waals surface area contributed by atoms with Crippen molar-refractivity contribution in [2.45, 2.75) is 46.6 Å². The highest BCUT2D eigenvalue weighted by molar-refractivity contribution is 4.88. The third-order valence-corrected chi connectivity index (χ3v) is 4.41. The van der Waals surface area contributed by atoms with Crippen molar-refractivity contribution in [2.75, 3.05) is 26.7 Å². The molecule has 0 aromatic heterocycles. The van der Waals surface area contributed by atoms with E-state index < -0.39 is 0 Å². The Morgan fingerprint density at radius 1 is 1.12 bits per heavy atom. The van der Waals surface area contributed by atoms with E-state index in [1.807, 2.05) is 0 Å². The second-order valence-corrected chi connectivity index (χ2v) is 5.60. The van der Waals surface area contributed by atoms with E-state index in [2.05, 4.69) is 45.0 Å². The number of nitrogens with zero attached hydrogens (tertiary/aromatic N) is 1. The van der Waals surface area contributed by atoms with Crippen LogP contribution in [0.2, 0.25) is 0 Å². The fraction of sp³-hybridized carbons (Fsp3) is 1.00. The van der Waals surface area contributed by atoms with Gasteiger partial charge in [-0.1, -0.05) is 27.7 Å². The molecule has 0 aromatic rings. The number of nitrogens with one attached hydrogen (secondary N) is 1. The van der Waals surface area contributed by atoms with Crippen LogP contribution in [0.1, 0.15) is 40.5 Å². The van der Waals surface area contributed by atoms with Crippen molar-refractivity contribution >= 4 is 0 Å². The van der Waals surface area contributed by atoms with Crippen LogP contribution in [0.15, 0.2) is 0 Å². The SMILES string of the molecule is CCN(CC)CC1C(C)CC(C)CC1NC. The van der Waals surface area contributed by atoms with Gasteiger partial charge in [0.05, 0.1) is 0 Å². The molecule has 1 aliphatic rings. The Morgan fingerprint density at radius 2 is 1.75 bits per heavy atom. The fourth-order valence-corrected chi connectivity index (χ4v) is 3.33. The van der Waals surface area contributed by atoms with Crippen molar-refractivity contribution in [2.24, 2.45) is 17.8 Å². The molecule has 0 saturated heterocycles. The van der Waals surface area contributed by atoms with Gasteiger partial charge in [0.15, 0.2) is 0 Å². The maximum Gasteiger partial charge on any atom is 0.0110 e. The summed E-state index contributed by atoms with van der Waals surface area (Å²) in [5.74, 6) is 2.59. The van der Waals surface area contributed by atoms with Crippen molar-refractivity contribution in [3.8, 4) is 0 Å². The van der Waals surface area contributed by atoms with Gasteiger partial charge in [0, 0.05) is 12.6 Å². The molecule has 2 heteroatoms. The van der Waals surface area contributed by atoms with Gasteiger partial charge >= 0.3 is 0 Å². The largest absolute Gasteiger partial charge is 0.317 e. The minimum absolute atomic E-state index is 0.722. The van der Waals surface area contributed by atoms with Gasteiger partial charge in [-0.25, -0.2) is 0 Å². The number of hydrogen-bond donors (Lipinski definition) is 1. The van der Waals surface area contributed by atoms with Crippen LogP contribution in [0, 0.1) is 17.8 Å². The second-order valence-electron chi connectivity index (χ2n) is 5.60. The Hall–Kier alpha value is -0.0800. The molecule has 96 valence electrons. The molecule has 1 aliphatic carbocycles. The molecule has 0 aromatic carbocycles. The lowest BCUT2D eigenvalue weighted by atomic mass is 9.72. The zero-order valence-electron chi connectivity index (χ0n) is 11.8. The van der Waals surface area contributed by atoms with E-state index in [4.69, 9.17) is 0 Å². The summed E-state index contributed by atoms with van der Waals surface area (Å²) < 4.78 is 0. The van der Waals surface area contributed by atoms with Crippen LogP contribution in [-0.2, 0) is 0 Å². The molecule has 4 unspecified atom stereocenters. The molecular formula is C14H30N2. The monoisotopic (exact) mass is 226 g/mol. The molecule has 2 nitrogen and oxygen atoms in total. The lowest BCUT2D eigenvalue weighted by molar-refractivity contribution is 0.109. The van der Waals surface area contributed by atoms with Gasteiger partial charge in [0.2, 0.25) is 0 Å². The van der Waals surface area contributed by atoms with E-state index in [-0.39, 0.29) is 0 Å². The molecule has 0 radical (unpaired) electrons.